The van der Waals surface area contributed by atoms with E-state index in [1.54, 1.807) is 0 Å². The highest BCUT2D eigenvalue weighted by Gasteiger charge is 2.24. The Bertz CT molecular complexity index is 353. The van der Waals surface area contributed by atoms with E-state index >= 15 is 0 Å². The van der Waals surface area contributed by atoms with Crippen LogP contribution in [0, 0.1) is 6.92 Å². The average molecular weight is 270 g/mol. The standard InChI is InChI=1S/C12H16BrNO/c1-8-5-6-9(7-10(8)13)14-11-3-2-4-12(11)15/h5-7,11-12,14-15H,2-4H2,1H3/t11-,12-/m1/s1. The second-order valence-corrected chi connectivity index (χ2v) is 5.07. The first-order valence-corrected chi connectivity index (χ1v) is 6.17. The quantitative estimate of drug-likeness (QED) is 0.865. The molecule has 0 aliphatic heterocycles. The molecule has 0 amide bonds. The van der Waals surface area contributed by atoms with Gasteiger partial charge in [-0.05, 0) is 43.9 Å². The third kappa shape index (κ3) is 2.52. The van der Waals surface area contributed by atoms with Crippen molar-refractivity contribution >= 4 is 21.6 Å². The Morgan fingerprint density at radius 3 is 2.80 bits per heavy atom. The number of hydrogen-bond donors (Lipinski definition) is 2. The zero-order valence-electron chi connectivity index (χ0n) is 8.83. The Balaban J connectivity index is 2.07. The van der Waals surface area contributed by atoms with E-state index in [9.17, 15) is 5.11 Å². The number of anilines is 1. The Kier molecular flexibility index (Phi) is 3.32. The van der Waals surface area contributed by atoms with Crippen molar-refractivity contribution in [3.8, 4) is 0 Å². The topological polar surface area (TPSA) is 32.3 Å². The minimum absolute atomic E-state index is 0.190. The van der Waals surface area contributed by atoms with Crippen molar-refractivity contribution in [1.82, 2.24) is 0 Å². The number of aryl methyl sites for hydroxylation is 1. The molecule has 0 unspecified atom stereocenters. The van der Waals surface area contributed by atoms with E-state index in [1.165, 1.54) is 5.56 Å². The van der Waals surface area contributed by atoms with Crippen LogP contribution in [0.3, 0.4) is 0 Å². The molecular formula is C12H16BrNO. The van der Waals surface area contributed by atoms with Crippen LogP contribution in [0.2, 0.25) is 0 Å². The Morgan fingerprint density at radius 2 is 2.20 bits per heavy atom. The highest BCUT2D eigenvalue weighted by atomic mass is 79.9. The van der Waals surface area contributed by atoms with E-state index in [2.05, 4.69) is 46.4 Å². The summed E-state index contributed by atoms with van der Waals surface area (Å²) in [7, 11) is 0. The molecule has 1 aromatic rings. The van der Waals surface area contributed by atoms with E-state index in [1.807, 2.05) is 0 Å². The van der Waals surface area contributed by atoms with Gasteiger partial charge in [0.25, 0.3) is 0 Å². The number of benzene rings is 1. The van der Waals surface area contributed by atoms with Gasteiger partial charge in [-0.3, -0.25) is 0 Å². The first kappa shape index (κ1) is 11.0. The first-order chi connectivity index (χ1) is 7.16. The molecule has 0 radical (unpaired) electrons. The molecule has 0 heterocycles. The van der Waals surface area contributed by atoms with Crippen molar-refractivity contribution in [2.45, 2.75) is 38.3 Å². The van der Waals surface area contributed by atoms with Crippen LogP contribution in [-0.4, -0.2) is 17.3 Å². The summed E-state index contributed by atoms with van der Waals surface area (Å²) in [6.07, 6.45) is 2.91. The number of aliphatic hydroxyl groups excluding tert-OH is 1. The molecule has 0 saturated heterocycles. The van der Waals surface area contributed by atoms with Crippen LogP contribution in [0.5, 0.6) is 0 Å². The lowest BCUT2D eigenvalue weighted by atomic mass is 10.2. The first-order valence-electron chi connectivity index (χ1n) is 5.37. The van der Waals surface area contributed by atoms with E-state index in [0.29, 0.717) is 0 Å². The van der Waals surface area contributed by atoms with Gasteiger partial charge in [0.05, 0.1) is 12.1 Å². The summed E-state index contributed by atoms with van der Waals surface area (Å²) in [6, 6.07) is 6.43. The SMILES string of the molecule is Cc1ccc(N[C@@H]2CCC[C@H]2O)cc1Br. The molecule has 2 atom stereocenters. The molecule has 2 N–H and O–H groups in total. The Labute approximate surface area is 98.8 Å². The van der Waals surface area contributed by atoms with Gasteiger partial charge in [0.1, 0.15) is 0 Å². The fourth-order valence-electron chi connectivity index (χ4n) is 2.01. The molecule has 82 valence electrons. The maximum atomic E-state index is 9.70. The fraction of sp³-hybridized carbons (Fsp3) is 0.500. The largest absolute Gasteiger partial charge is 0.391 e. The molecule has 1 aliphatic carbocycles. The lowest BCUT2D eigenvalue weighted by Gasteiger charge is -2.18. The minimum Gasteiger partial charge on any atom is -0.391 e. The zero-order chi connectivity index (χ0) is 10.8. The monoisotopic (exact) mass is 269 g/mol. The van der Waals surface area contributed by atoms with Gasteiger partial charge < -0.3 is 10.4 Å². The lowest BCUT2D eigenvalue weighted by Crippen LogP contribution is -2.27. The van der Waals surface area contributed by atoms with Crippen molar-refractivity contribution in [3.63, 3.8) is 0 Å². The van der Waals surface area contributed by atoms with Crippen LogP contribution in [0.4, 0.5) is 5.69 Å². The molecule has 15 heavy (non-hydrogen) atoms. The van der Waals surface area contributed by atoms with Crippen LogP contribution < -0.4 is 5.32 Å². The smallest absolute Gasteiger partial charge is 0.0741 e. The normalized spacial score (nSPS) is 25.5. The van der Waals surface area contributed by atoms with Crippen molar-refractivity contribution in [2.24, 2.45) is 0 Å². The number of aliphatic hydroxyl groups is 1. The highest BCUT2D eigenvalue weighted by molar-refractivity contribution is 9.10. The summed E-state index contributed by atoms with van der Waals surface area (Å²) >= 11 is 3.51. The second-order valence-electron chi connectivity index (χ2n) is 4.21. The molecule has 2 rings (SSSR count). The predicted octanol–water partition coefficient (Wildman–Crippen LogP) is 3.08. The zero-order valence-corrected chi connectivity index (χ0v) is 10.4. The summed E-state index contributed by atoms with van der Waals surface area (Å²) in [5.74, 6) is 0. The summed E-state index contributed by atoms with van der Waals surface area (Å²) in [5, 5.41) is 13.1. The van der Waals surface area contributed by atoms with Gasteiger partial charge in [-0.15, -0.1) is 0 Å². The van der Waals surface area contributed by atoms with Crippen molar-refractivity contribution < 1.29 is 5.11 Å². The highest BCUT2D eigenvalue weighted by Crippen LogP contribution is 2.25. The van der Waals surface area contributed by atoms with Gasteiger partial charge in [-0.2, -0.15) is 0 Å². The van der Waals surface area contributed by atoms with Gasteiger partial charge in [0.15, 0.2) is 0 Å². The third-order valence-electron chi connectivity index (χ3n) is 3.00. The maximum absolute atomic E-state index is 9.70. The van der Waals surface area contributed by atoms with Gasteiger partial charge >= 0.3 is 0 Å². The lowest BCUT2D eigenvalue weighted by molar-refractivity contribution is 0.172. The molecule has 3 heteroatoms. The van der Waals surface area contributed by atoms with E-state index in [0.717, 1.165) is 29.4 Å². The van der Waals surface area contributed by atoms with Crippen LogP contribution in [0.15, 0.2) is 22.7 Å². The summed E-state index contributed by atoms with van der Waals surface area (Å²) in [6.45, 7) is 2.07. The van der Waals surface area contributed by atoms with Crippen LogP contribution in [-0.2, 0) is 0 Å². The van der Waals surface area contributed by atoms with Crippen molar-refractivity contribution in [3.05, 3.63) is 28.2 Å². The fourth-order valence-corrected chi connectivity index (χ4v) is 2.38. The van der Waals surface area contributed by atoms with Crippen molar-refractivity contribution in [1.29, 1.82) is 0 Å². The van der Waals surface area contributed by atoms with Gasteiger partial charge in [0.2, 0.25) is 0 Å². The summed E-state index contributed by atoms with van der Waals surface area (Å²) < 4.78 is 1.11. The number of halogens is 1. The Morgan fingerprint density at radius 1 is 1.40 bits per heavy atom. The second kappa shape index (κ2) is 4.54. The summed E-state index contributed by atoms with van der Waals surface area (Å²) in [5.41, 5.74) is 2.31. The van der Waals surface area contributed by atoms with Crippen molar-refractivity contribution in [2.75, 3.05) is 5.32 Å². The Hall–Kier alpha value is -0.540. The molecule has 1 aliphatic rings. The van der Waals surface area contributed by atoms with E-state index in [-0.39, 0.29) is 12.1 Å². The summed E-state index contributed by atoms with van der Waals surface area (Å²) in [4.78, 5) is 0. The molecule has 1 saturated carbocycles. The van der Waals surface area contributed by atoms with Crippen LogP contribution in [0.1, 0.15) is 24.8 Å². The third-order valence-corrected chi connectivity index (χ3v) is 3.86. The molecule has 2 nitrogen and oxygen atoms in total. The number of hydrogen-bond acceptors (Lipinski definition) is 2. The predicted molar refractivity (Wildman–Crippen MR) is 66.1 cm³/mol. The number of nitrogens with one attached hydrogen (secondary N) is 1. The van der Waals surface area contributed by atoms with Crippen LogP contribution >= 0.6 is 15.9 Å². The minimum atomic E-state index is -0.190. The van der Waals surface area contributed by atoms with Gasteiger partial charge in [0, 0.05) is 10.2 Å². The molecule has 0 aromatic heterocycles. The van der Waals surface area contributed by atoms with E-state index in [4.69, 9.17) is 0 Å². The molecular weight excluding hydrogens is 254 g/mol. The van der Waals surface area contributed by atoms with Gasteiger partial charge in [-0.25, -0.2) is 0 Å². The molecule has 1 aromatic carbocycles. The van der Waals surface area contributed by atoms with Gasteiger partial charge in [-0.1, -0.05) is 22.0 Å². The van der Waals surface area contributed by atoms with Crippen LogP contribution in [0.25, 0.3) is 0 Å². The average Bonchev–Trinajstić information content (AvgIpc) is 2.59. The number of rotatable bonds is 2. The molecule has 0 spiro atoms. The molecule has 1 fully saturated rings. The maximum Gasteiger partial charge on any atom is 0.0741 e. The molecule has 0 bridgehead atoms. The van der Waals surface area contributed by atoms with E-state index < -0.39 is 0 Å².